The lowest BCUT2D eigenvalue weighted by Crippen LogP contribution is -2.28. The third-order valence-electron chi connectivity index (χ3n) is 2.54. The monoisotopic (exact) mass is 193 g/mol. The SMILES string of the molecule is CC(C)[C@@H](N)C[C@H](O)c1ccccc1. The fourth-order valence-electron chi connectivity index (χ4n) is 1.34. The highest BCUT2D eigenvalue weighted by Crippen LogP contribution is 2.19. The van der Waals surface area contributed by atoms with Gasteiger partial charge < -0.3 is 10.8 Å². The minimum absolute atomic E-state index is 0.0604. The Balaban J connectivity index is 2.55. The smallest absolute Gasteiger partial charge is 0.0804 e. The van der Waals surface area contributed by atoms with E-state index >= 15 is 0 Å². The first kappa shape index (κ1) is 11.2. The Bertz CT molecular complexity index is 258. The number of aliphatic hydroxyl groups excluding tert-OH is 1. The van der Waals surface area contributed by atoms with Crippen LogP contribution in [0, 0.1) is 5.92 Å². The molecule has 3 N–H and O–H groups in total. The lowest BCUT2D eigenvalue weighted by atomic mass is 9.95. The molecule has 14 heavy (non-hydrogen) atoms. The molecular formula is C12H19NO. The van der Waals surface area contributed by atoms with Crippen molar-refractivity contribution in [1.29, 1.82) is 0 Å². The van der Waals surface area contributed by atoms with Crippen LogP contribution in [0.5, 0.6) is 0 Å². The molecule has 0 spiro atoms. The molecule has 0 radical (unpaired) electrons. The fraction of sp³-hybridized carbons (Fsp3) is 0.500. The molecular weight excluding hydrogens is 174 g/mol. The van der Waals surface area contributed by atoms with Crippen molar-refractivity contribution in [2.45, 2.75) is 32.4 Å². The molecule has 0 fully saturated rings. The van der Waals surface area contributed by atoms with Gasteiger partial charge in [0.1, 0.15) is 0 Å². The quantitative estimate of drug-likeness (QED) is 0.769. The Kier molecular flexibility index (Phi) is 4.11. The van der Waals surface area contributed by atoms with Crippen molar-refractivity contribution < 1.29 is 5.11 Å². The average molecular weight is 193 g/mol. The first-order valence-corrected chi connectivity index (χ1v) is 5.10. The van der Waals surface area contributed by atoms with Gasteiger partial charge in [-0.25, -0.2) is 0 Å². The van der Waals surface area contributed by atoms with Gasteiger partial charge in [0, 0.05) is 6.04 Å². The van der Waals surface area contributed by atoms with Gasteiger partial charge >= 0.3 is 0 Å². The van der Waals surface area contributed by atoms with E-state index in [0.29, 0.717) is 12.3 Å². The molecule has 1 aromatic rings. The van der Waals surface area contributed by atoms with E-state index in [-0.39, 0.29) is 6.04 Å². The highest BCUT2D eigenvalue weighted by atomic mass is 16.3. The molecule has 0 aliphatic heterocycles. The lowest BCUT2D eigenvalue weighted by molar-refractivity contribution is 0.150. The summed E-state index contributed by atoms with van der Waals surface area (Å²) in [5.74, 6) is 0.411. The van der Waals surface area contributed by atoms with Crippen molar-refractivity contribution in [3.63, 3.8) is 0 Å². The van der Waals surface area contributed by atoms with E-state index in [1.165, 1.54) is 0 Å². The van der Waals surface area contributed by atoms with Gasteiger partial charge in [-0.05, 0) is 17.9 Å². The standard InChI is InChI=1S/C12H19NO/c1-9(2)11(13)8-12(14)10-6-4-3-5-7-10/h3-7,9,11-12,14H,8,13H2,1-2H3/t11-,12-/m0/s1. The molecule has 0 aliphatic rings. The molecule has 78 valence electrons. The van der Waals surface area contributed by atoms with Gasteiger partial charge in [0.2, 0.25) is 0 Å². The molecule has 2 atom stereocenters. The number of hydrogen-bond donors (Lipinski definition) is 2. The third-order valence-corrected chi connectivity index (χ3v) is 2.54. The summed E-state index contributed by atoms with van der Waals surface area (Å²) in [5.41, 5.74) is 6.84. The molecule has 0 aromatic heterocycles. The fourth-order valence-corrected chi connectivity index (χ4v) is 1.34. The van der Waals surface area contributed by atoms with Crippen LogP contribution in [0.4, 0.5) is 0 Å². The Morgan fingerprint density at radius 2 is 1.79 bits per heavy atom. The zero-order valence-corrected chi connectivity index (χ0v) is 8.85. The molecule has 0 saturated heterocycles. The van der Waals surface area contributed by atoms with E-state index in [1.807, 2.05) is 30.3 Å². The van der Waals surface area contributed by atoms with E-state index in [2.05, 4.69) is 13.8 Å². The second-order valence-electron chi connectivity index (χ2n) is 4.07. The normalized spacial score (nSPS) is 15.5. The van der Waals surface area contributed by atoms with Crippen LogP contribution in [0.25, 0.3) is 0 Å². The highest BCUT2D eigenvalue weighted by molar-refractivity contribution is 5.17. The van der Waals surface area contributed by atoms with Crippen molar-refractivity contribution in [2.24, 2.45) is 11.7 Å². The predicted octanol–water partition coefficient (Wildman–Crippen LogP) is 2.09. The molecule has 0 aliphatic carbocycles. The maximum Gasteiger partial charge on any atom is 0.0804 e. The lowest BCUT2D eigenvalue weighted by Gasteiger charge is -2.19. The van der Waals surface area contributed by atoms with Gasteiger partial charge in [0.15, 0.2) is 0 Å². The third kappa shape index (κ3) is 3.13. The summed E-state index contributed by atoms with van der Waals surface area (Å²) in [7, 11) is 0. The summed E-state index contributed by atoms with van der Waals surface area (Å²) < 4.78 is 0. The largest absolute Gasteiger partial charge is 0.388 e. The summed E-state index contributed by atoms with van der Waals surface area (Å²) >= 11 is 0. The first-order chi connectivity index (χ1) is 6.61. The van der Waals surface area contributed by atoms with Gasteiger partial charge in [0.25, 0.3) is 0 Å². The van der Waals surface area contributed by atoms with Crippen LogP contribution in [0.1, 0.15) is 31.9 Å². The van der Waals surface area contributed by atoms with Crippen molar-refractivity contribution in [1.82, 2.24) is 0 Å². The summed E-state index contributed by atoms with van der Waals surface area (Å²) in [6.07, 6.45) is 0.190. The van der Waals surface area contributed by atoms with Gasteiger partial charge in [-0.15, -0.1) is 0 Å². The predicted molar refractivity (Wildman–Crippen MR) is 58.8 cm³/mol. The van der Waals surface area contributed by atoms with Crippen LogP contribution in [0.2, 0.25) is 0 Å². The molecule has 2 heteroatoms. The maximum absolute atomic E-state index is 9.86. The van der Waals surface area contributed by atoms with Gasteiger partial charge in [-0.1, -0.05) is 44.2 Å². The van der Waals surface area contributed by atoms with E-state index in [1.54, 1.807) is 0 Å². The second-order valence-corrected chi connectivity index (χ2v) is 4.07. The van der Waals surface area contributed by atoms with Crippen LogP contribution >= 0.6 is 0 Å². The molecule has 2 nitrogen and oxygen atoms in total. The maximum atomic E-state index is 9.86. The van der Waals surface area contributed by atoms with Crippen LogP contribution in [-0.2, 0) is 0 Å². The Morgan fingerprint density at radius 1 is 1.21 bits per heavy atom. The Morgan fingerprint density at radius 3 is 2.29 bits per heavy atom. The molecule has 0 unspecified atom stereocenters. The topological polar surface area (TPSA) is 46.2 Å². The Labute approximate surface area is 85.8 Å². The number of benzene rings is 1. The van der Waals surface area contributed by atoms with Gasteiger partial charge in [0.05, 0.1) is 6.10 Å². The van der Waals surface area contributed by atoms with Crippen LogP contribution in [0.15, 0.2) is 30.3 Å². The first-order valence-electron chi connectivity index (χ1n) is 5.10. The molecule has 1 aromatic carbocycles. The number of rotatable bonds is 4. The molecule has 0 bridgehead atoms. The second kappa shape index (κ2) is 5.13. The van der Waals surface area contributed by atoms with Gasteiger partial charge in [-0.2, -0.15) is 0 Å². The minimum atomic E-state index is -0.436. The number of aliphatic hydroxyl groups is 1. The van der Waals surface area contributed by atoms with Crippen molar-refractivity contribution in [3.8, 4) is 0 Å². The van der Waals surface area contributed by atoms with Crippen molar-refractivity contribution >= 4 is 0 Å². The summed E-state index contributed by atoms with van der Waals surface area (Å²) in [5, 5.41) is 9.86. The molecule has 0 heterocycles. The summed E-state index contributed by atoms with van der Waals surface area (Å²) in [6, 6.07) is 9.72. The summed E-state index contributed by atoms with van der Waals surface area (Å²) in [4.78, 5) is 0. The van der Waals surface area contributed by atoms with Crippen molar-refractivity contribution in [3.05, 3.63) is 35.9 Å². The van der Waals surface area contributed by atoms with Crippen LogP contribution < -0.4 is 5.73 Å². The van der Waals surface area contributed by atoms with Crippen LogP contribution in [-0.4, -0.2) is 11.1 Å². The van der Waals surface area contributed by atoms with Crippen molar-refractivity contribution in [2.75, 3.05) is 0 Å². The summed E-state index contributed by atoms with van der Waals surface area (Å²) in [6.45, 7) is 4.14. The highest BCUT2D eigenvalue weighted by Gasteiger charge is 2.14. The minimum Gasteiger partial charge on any atom is -0.388 e. The molecule has 0 saturated carbocycles. The number of nitrogens with two attached hydrogens (primary N) is 1. The van der Waals surface area contributed by atoms with E-state index in [9.17, 15) is 5.11 Å². The van der Waals surface area contributed by atoms with Crippen LogP contribution in [0.3, 0.4) is 0 Å². The van der Waals surface area contributed by atoms with E-state index in [4.69, 9.17) is 5.73 Å². The average Bonchev–Trinajstić information content (AvgIpc) is 2.19. The number of hydrogen-bond acceptors (Lipinski definition) is 2. The van der Waals surface area contributed by atoms with Gasteiger partial charge in [-0.3, -0.25) is 0 Å². The zero-order valence-electron chi connectivity index (χ0n) is 8.85. The zero-order chi connectivity index (χ0) is 10.6. The molecule has 0 amide bonds. The molecule has 1 rings (SSSR count). The Hall–Kier alpha value is -0.860. The van der Waals surface area contributed by atoms with E-state index < -0.39 is 6.10 Å². The van der Waals surface area contributed by atoms with E-state index in [0.717, 1.165) is 5.56 Å².